The zero-order valence-electron chi connectivity index (χ0n) is 23.8. The normalized spacial score (nSPS) is 19.1. The highest BCUT2D eigenvalue weighted by molar-refractivity contribution is 5.95. The van der Waals surface area contributed by atoms with E-state index in [0.29, 0.717) is 39.6 Å². The van der Waals surface area contributed by atoms with Gasteiger partial charge >= 0.3 is 6.18 Å². The number of halogens is 3. The third-order valence-electron chi connectivity index (χ3n) is 7.59. The minimum Gasteiger partial charge on any atom is -0.495 e. The van der Waals surface area contributed by atoms with Gasteiger partial charge in [0.25, 0.3) is 5.91 Å². The fourth-order valence-corrected chi connectivity index (χ4v) is 5.15. The Morgan fingerprint density at radius 2 is 1.95 bits per heavy atom. The van der Waals surface area contributed by atoms with Crippen molar-refractivity contribution < 1.29 is 22.7 Å². The number of alkyl halides is 3. The van der Waals surface area contributed by atoms with Gasteiger partial charge in [-0.3, -0.25) is 9.79 Å². The monoisotopic (exact) mass is 567 g/mol. The Labute approximate surface area is 238 Å². The van der Waals surface area contributed by atoms with Gasteiger partial charge in [0.1, 0.15) is 12.3 Å². The zero-order valence-corrected chi connectivity index (χ0v) is 23.8. The molecule has 2 aromatic carbocycles. The highest BCUT2D eigenvalue weighted by atomic mass is 19.4. The standard InChI is InChI=1S/C31H36F3N5O2/c1-30(14-12-22(35-2)13-15-30)19-38-25-8-5-9-27-24(25)18-23(39(27)20-31(32,33)34)7-6-16-37-26-11-10-21(29(40)36-3)17-28(26)41-4/h5,8-11,17-19,22,35,37H,12-16,20H2,1-4H3,(H,36,40). The van der Waals surface area contributed by atoms with Gasteiger partial charge in [0.2, 0.25) is 0 Å². The van der Waals surface area contributed by atoms with Crippen molar-refractivity contribution in [2.75, 3.05) is 33.1 Å². The van der Waals surface area contributed by atoms with Crippen molar-refractivity contribution >= 4 is 34.4 Å². The van der Waals surface area contributed by atoms with Gasteiger partial charge in [-0.1, -0.05) is 18.9 Å². The molecule has 1 aromatic heterocycles. The summed E-state index contributed by atoms with van der Waals surface area (Å²) in [5.74, 6) is 6.05. The summed E-state index contributed by atoms with van der Waals surface area (Å²) in [7, 11) is 5.01. The lowest BCUT2D eigenvalue weighted by Crippen LogP contribution is -2.35. The topological polar surface area (TPSA) is 79.7 Å². The Morgan fingerprint density at radius 1 is 1.20 bits per heavy atom. The van der Waals surface area contributed by atoms with E-state index in [4.69, 9.17) is 9.73 Å². The first-order chi connectivity index (χ1) is 19.6. The molecular formula is C31H36F3N5O2. The van der Waals surface area contributed by atoms with Crippen LogP contribution in [0.4, 0.5) is 24.5 Å². The summed E-state index contributed by atoms with van der Waals surface area (Å²) in [4.78, 5) is 16.7. The molecule has 0 unspecified atom stereocenters. The van der Waals surface area contributed by atoms with Crippen molar-refractivity contribution in [3.8, 4) is 17.6 Å². The first-order valence-electron chi connectivity index (χ1n) is 13.6. The van der Waals surface area contributed by atoms with Crippen LogP contribution in [0.25, 0.3) is 10.9 Å². The molecule has 1 amide bonds. The lowest BCUT2D eigenvalue weighted by molar-refractivity contribution is -0.140. The van der Waals surface area contributed by atoms with Crippen molar-refractivity contribution in [2.24, 2.45) is 10.4 Å². The second kappa shape index (κ2) is 12.7. The van der Waals surface area contributed by atoms with Crippen LogP contribution in [0.3, 0.4) is 0 Å². The van der Waals surface area contributed by atoms with E-state index in [0.717, 1.165) is 25.7 Å². The van der Waals surface area contributed by atoms with Crippen LogP contribution in [0, 0.1) is 17.3 Å². The predicted molar refractivity (Wildman–Crippen MR) is 157 cm³/mol. The van der Waals surface area contributed by atoms with E-state index in [1.54, 1.807) is 43.4 Å². The quantitative estimate of drug-likeness (QED) is 0.234. The summed E-state index contributed by atoms with van der Waals surface area (Å²) in [6.45, 7) is 1.18. The number of aromatic nitrogens is 1. The van der Waals surface area contributed by atoms with E-state index in [1.165, 1.54) is 11.7 Å². The molecule has 0 radical (unpaired) electrons. The van der Waals surface area contributed by atoms with Crippen LogP contribution in [0.1, 0.15) is 48.7 Å². The summed E-state index contributed by atoms with van der Waals surface area (Å²) < 4.78 is 47.3. The van der Waals surface area contributed by atoms with E-state index in [-0.39, 0.29) is 23.6 Å². The molecule has 0 aliphatic heterocycles. The first-order valence-corrected chi connectivity index (χ1v) is 13.6. The number of carbonyl (C=O) groups excluding carboxylic acids is 1. The number of fused-ring (bicyclic) bond motifs is 1. The second-order valence-corrected chi connectivity index (χ2v) is 10.6. The number of nitrogens with one attached hydrogen (secondary N) is 3. The molecule has 1 aliphatic rings. The van der Waals surface area contributed by atoms with Crippen molar-refractivity contribution in [1.29, 1.82) is 0 Å². The average Bonchev–Trinajstić information content (AvgIpc) is 3.30. The van der Waals surface area contributed by atoms with Gasteiger partial charge in [-0.25, -0.2) is 0 Å². The summed E-state index contributed by atoms with van der Waals surface area (Å²) in [6, 6.07) is 12.4. The molecule has 10 heteroatoms. The zero-order chi connectivity index (χ0) is 29.6. The van der Waals surface area contributed by atoms with Crippen molar-refractivity contribution in [3.63, 3.8) is 0 Å². The van der Waals surface area contributed by atoms with Gasteiger partial charge in [-0.05, 0) is 75.0 Å². The number of amides is 1. The molecule has 41 heavy (non-hydrogen) atoms. The molecular weight excluding hydrogens is 531 g/mol. The minimum absolute atomic E-state index is 0.0576. The molecule has 3 aromatic rings. The summed E-state index contributed by atoms with van der Waals surface area (Å²) >= 11 is 0. The Bertz CT molecular complexity index is 1470. The fraction of sp³-hybridized carbons (Fsp3) is 0.419. The maximum Gasteiger partial charge on any atom is 0.406 e. The molecule has 1 fully saturated rings. The summed E-state index contributed by atoms with van der Waals surface area (Å²) in [5, 5.41) is 9.63. The van der Waals surface area contributed by atoms with Gasteiger partial charge in [-0.2, -0.15) is 13.2 Å². The SMILES string of the molecule is CNC(=O)c1ccc(NCC#Cc2cc3c(N=CC4(C)CCC(NC)CC4)cccc3n2CC(F)(F)F)c(OC)c1. The number of anilines is 1. The maximum absolute atomic E-state index is 13.6. The molecule has 7 nitrogen and oxygen atoms in total. The maximum atomic E-state index is 13.6. The first kappa shape index (κ1) is 30.0. The van der Waals surface area contributed by atoms with E-state index in [2.05, 4.69) is 34.7 Å². The van der Waals surface area contributed by atoms with Crippen molar-refractivity contribution in [1.82, 2.24) is 15.2 Å². The van der Waals surface area contributed by atoms with Crippen LogP contribution in [-0.2, 0) is 6.54 Å². The van der Waals surface area contributed by atoms with Crippen molar-refractivity contribution in [3.05, 3.63) is 53.7 Å². The fourth-order valence-electron chi connectivity index (χ4n) is 5.15. The summed E-state index contributed by atoms with van der Waals surface area (Å²) in [5.41, 5.74) is 2.31. The molecule has 0 spiro atoms. The smallest absolute Gasteiger partial charge is 0.406 e. The van der Waals surface area contributed by atoms with Gasteiger partial charge in [0, 0.05) is 35.7 Å². The molecule has 4 rings (SSSR count). The van der Waals surface area contributed by atoms with Gasteiger partial charge in [-0.15, -0.1) is 0 Å². The average molecular weight is 568 g/mol. The lowest BCUT2D eigenvalue weighted by Gasteiger charge is -2.34. The van der Waals surface area contributed by atoms with E-state index < -0.39 is 12.7 Å². The molecule has 3 N–H and O–H groups in total. The van der Waals surface area contributed by atoms with Crippen LogP contribution < -0.4 is 20.7 Å². The van der Waals surface area contributed by atoms with Gasteiger partial charge < -0.3 is 25.3 Å². The summed E-state index contributed by atoms with van der Waals surface area (Å²) in [6.07, 6.45) is 1.66. The van der Waals surface area contributed by atoms with Crippen LogP contribution in [0.2, 0.25) is 0 Å². The molecule has 1 heterocycles. The molecule has 218 valence electrons. The number of ether oxygens (including phenoxy) is 1. The van der Waals surface area contributed by atoms with E-state index in [1.807, 2.05) is 19.3 Å². The number of nitrogens with zero attached hydrogens (tertiary/aromatic N) is 2. The van der Waals surface area contributed by atoms with Crippen LogP contribution in [0.5, 0.6) is 5.75 Å². The minimum atomic E-state index is -4.42. The molecule has 0 bridgehead atoms. The highest BCUT2D eigenvalue weighted by Gasteiger charge is 2.31. The molecule has 1 saturated carbocycles. The van der Waals surface area contributed by atoms with Crippen LogP contribution in [-0.4, -0.2) is 56.7 Å². The van der Waals surface area contributed by atoms with Gasteiger partial charge in [0.15, 0.2) is 0 Å². The third kappa shape index (κ3) is 7.41. The molecule has 1 aliphatic carbocycles. The predicted octanol–water partition coefficient (Wildman–Crippen LogP) is 5.91. The largest absolute Gasteiger partial charge is 0.495 e. The third-order valence-corrected chi connectivity index (χ3v) is 7.59. The molecule has 0 atom stereocenters. The van der Waals surface area contributed by atoms with Gasteiger partial charge in [0.05, 0.1) is 36.2 Å². The Kier molecular flexibility index (Phi) is 9.28. The Morgan fingerprint density at radius 3 is 2.61 bits per heavy atom. The van der Waals surface area contributed by atoms with Crippen LogP contribution in [0.15, 0.2) is 47.5 Å². The number of aliphatic imine (C=N–C) groups is 1. The number of rotatable bonds is 8. The number of hydrogen-bond acceptors (Lipinski definition) is 5. The highest BCUT2D eigenvalue weighted by Crippen LogP contribution is 2.36. The van der Waals surface area contributed by atoms with E-state index in [9.17, 15) is 18.0 Å². The van der Waals surface area contributed by atoms with E-state index >= 15 is 0 Å². The second-order valence-electron chi connectivity index (χ2n) is 10.6. The number of benzene rings is 2. The molecule has 0 saturated heterocycles. The number of carbonyl (C=O) groups is 1. The number of hydrogen-bond donors (Lipinski definition) is 3. The Hall–Kier alpha value is -3.97. The lowest BCUT2D eigenvalue weighted by atomic mass is 9.75. The number of methoxy groups -OCH3 is 1. The van der Waals surface area contributed by atoms with Crippen LogP contribution >= 0.6 is 0 Å². The Balaban J connectivity index is 1.59. The van der Waals surface area contributed by atoms with Crippen molar-refractivity contribution in [2.45, 2.75) is 51.4 Å².